The van der Waals surface area contributed by atoms with Crippen molar-refractivity contribution in [3.63, 3.8) is 0 Å². The van der Waals surface area contributed by atoms with E-state index >= 15 is 0 Å². The Morgan fingerprint density at radius 3 is 2.53 bits per heavy atom. The number of benzene rings is 1. The number of pyridine rings is 1. The Morgan fingerprint density at radius 2 is 1.88 bits per heavy atom. The first-order chi connectivity index (χ1) is 8.08. The molecule has 0 amide bonds. The summed E-state index contributed by atoms with van der Waals surface area (Å²) in [4.78, 5) is 15.1. The maximum Gasteiger partial charge on any atom is 0.160 e. The highest BCUT2D eigenvalue weighted by Gasteiger charge is 2.11. The van der Waals surface area contributed by atoms with Crippen LogP contribution in [-0.2, 0) is 0 Å². The van der Waals surface area contributed by atoms with Crippen molar-refractivity contribution >= 4 is 5.78 Å². The van der Waals surface area contributed by atoms with Crippen LogP contribution in [0, 0.1) is 11.6 Å². The van der Waals surface area contributed by atoms with Crippen molar-refractivity contribution in [1.82, 2.24) is 4.98 Å². The first-order valence-corrected chi connectivity index (χ1v) is 4.99. The van der Waals surface area contributed by atoms with Gasteiger partial charge < -0.3 is 0 Å². The first kappa shape index (κ1) is 11.4. The van der Waals surface area contributed by atoms with Gasteiger partial charge in [0, 0.05) is 17.3 Å². The van der Waals surface area contributed by atoms with Gasteiger partial charge in [0.15, 0.2) is 5.78 Å². The second-order valence-electron chi connectivity index (χ2n) is 3.64. The summed E-state index contributed by atoms with van der Waals surface area (Å²) >= 11 is 0. The van der Waals surface area contributed by atoms with Gasteiger partial charge >= 0.3 is 0 Å². The summed E-state index contributed by atoms with van der Waals surface area (Å²) in [6.07, 6.45) is 2.44. The molecule has 2 nitrogen and oxygen atoms in total. The number of aromatic nitrogens is 1. The first-order valence-electron chi connectivity index (χ1n) is 4.99. The Balaban J connectivity index is 2.65. The van der Waals surface area contributed by atoms with Crippen LogP contribution in [0.1, 0.15) is 17.3 Å². The van der Waals surface area contributed by atoms with Gasteiger partial charge in [0.2, 0.25) is 0 Å². The normalized spacial score (nSPS) is 10.3. The van der Waals surface area contributed by atoms with Crippen LogP contribution in [0.2, 0.25) is 0 Å². The molecule has 0 aliphatic carbocycles. The molecule has 2 aromatic rings. The Hall–Kier alpha value is -2.10. The number of rotatable bonds is 2. The van der Waals surface area contributed by atoms with Crippen LogP contribution < -0.4 is 0 Å². The van der Waals surface area contributed by atoms with E-state index in [1.807, 2.05) is 0 Å². The van der Waals surface area contributed by atoms with Crippen LogP contribution in [0.4, 0.5) is 8.78 Å². The quantitative estimate of drug-likeness (QED) is 0.745. The van der Waals surface area contributed by atoms with Crippen molar-refractivity contribution < 1.29 is 13.6 Å². The molecule has 0 aliphatic heterocycles. The molecule has 86 valence electrons. The fraction of sp³-hybridized carbons (Fsp3) is 0.0769. The molecule has 0 spiro atoms. The van der Waals surface area contributed by atoms with Gasteiger partial charge in [-0.3, -0.25) is 9.78 Å². The molecule has 0 aliphatic rings. The summed E-state index contributed by atoms with van der Waals surface area (Å²) in [6.45, 7) is 1.38. The predicted octanol–water partition coefficient (Wildman–Crippen LogP) is 3.23. The molecule has 0 saturated carbocycles. The molecule has 1 aromatic heterocycles. The fourth-order valence-corrected chi connectivity index (χ4v) is 1.62. The molecule has 0 radical (unpaired) electrons. The van der Waals surface area contributed by atoms with Gasteiger partial charge in [0.25, 0.3) is 0 Å². The standard InChI is InChI=1S/C13H9F2NO/c1-8(17)12-3-2-10(14)5-13(12)9-4-11(15)7-16-6-9/h2-7H,1H3. The zero-order chi connectivity index (χ0) is 12.4. The number of carbonyl (C=O) groups is 1. The maximum atomic E-state index is 13.2. The van der Waals surface area contributed by atoms with Gasteiger partial charge in [-0.05, 0) is 36.8 Å². The molecule has 1 aromatic carbocycles. The Bertz CT molecular complexity index is 581. The van der Waals surface area contributed by atoms with E-state index in [9.17, 15) is 13.6 Å². The van der Waals surface area contributed by atoms with Crippen LogP contribution in [-0.4, -0.2) is 10.8 Å². The number of Topliss-reactive ketones (excluding diaryl/α,β-unsaturated/α-hetero) is 1. The van der Waals surface area contributed by atoms with Crippen LogP contribution in [0.15, 0.2) is 36.7 Å². The lowest BCUT2D eigenvalue weighted by atomic mass is 9.98. The second kappa shape index (κ2) is 4.41. The Kier molecular flexibility index (Phi) is 2.95. The second-order valence-corrected chi connectivity index (χ2v) is 3.64. The van der Waals surface area contributed by atoms with E-state index in [2.05, 4.69) is 4.98 Å². The number of nitrogens with zero attached hydrogens (tertiary/aromatic N) is 1. The molecule has 4 heteroatoms. The monoisotopic (exact) mass is 233 g/mol. The van der Waals surface area contributed by atoms with Gasteiger partial charge in [0.05, 0.1) is 6.20 Å². The minimum atomic E-state index is -0.527. The molecule has 0 bridgehead atoms. The van der Waals surface area contributed by atoms with Crippen LogP contribution in [0.25, 0.3) is 11.1 Å². The van der Waals surface area contributed by atoms with Crippen LogP contribution in [0.3, 0.4) is 0 Å². The van der Waals surface area contributed by atoms with Gasteiger partial charge in [-0.15, -0.1) is 0 Å². The van der Waals surface area contributed by atoms with Gasteiger partial charge in [-0.25, -0.2) is 8.78 Å². The van der Waals surface area contributed by atoms with E-state index in [4.69, 9.17) is 0 Å². The van der Waals surface area contributed by atoms with Gasteiger partial charge in [0.1, 0.15) is 11.6 Å². The summed E-state index contributed by atoms with van der Waals surface area (Å²) in [5, 5.41) is 0. The molecule has 0 atom stereocenters. The minimum Gasteiger partial charge on any atom is -0.294 e. The van der Waals surface area contributed by atoms with Crippen LogP contribution in [0.5, 0.6) is 0 Å². The third-order valence-corrected chi connectivity index (χ3v) is 2.38. The summed E-state index contributed by atoms with van der Waals surface area (Å²) in [5.41, 5.74) is 1.08. The fourth-order valence-electron chi connectivity index (χ4n) is 1.62. The number of hydrogen-bond acceptors (Lipinski definition) is 2. The van der Waals surface area contributed by atoms with Gasteiger partial charge in [-0.2, -0.15) is 0 Å². The van der Waals surface area contributed by atoms with Crippen molar-refractivity contribution in [2.24, 2.45) is 0 Å². The van der Waals surface area contributed by atoms with E-state index in [1.165, 1.54) is 37.4 Å². The molecule has 0 saturated heterocycles. The molecule has 17 heavy (non-hydrogen) atoms. The van der Waals surface area contributed by atoms with Crippen molar-refractivity contribution in [3.8, 4) is 11.1 Å². The third kappa shape index (κ3) is 2.36. The minimum absolute atomic E-state index is 0.204. The average molecular weight is 233 g/mol. The summed E-state index contributed by atoms with van der Waals surface area (Å²) in [7, 11) is 0. The van der Waals surface area contributed by atoms with Crippen molar-refractivity contribution in [2.75, 3.05) is 0 Å². The average Bonchev–Trinajstić information content (AvgIpc) is 2.28. The lowest BCUT2D eigenvalue weighted by Crippen LogP contribution is -1.97. The number of carbonyl (C=O) groups excluding carboxylic acids is 1. The molecule has 0 N–H and O–H groups in total. The lowest BCUT2D eigenvalue weighted by molar-refractivity contribution is 0.101. The zero-order valence-electron chi connectivity index (χ0n) is 9.08. The Labute approximate surface area is 96.9 Å². The molecule has 0 unspecified atom stereocenters. The zero-order valence-corrected chi connectivity index (χ0v) is 9.08. The molecule has 1 heterocycles. The third-order valence-electron chi connectivity index (χ3n) is 2.38. The molecule has 0 fully saturated rings. The van der Waals surface area contributed by atoms with E-state index in [0.717, 1.165) is 6.20 Å². The van der Waals surface area contributed by atoms with Gasteiger partial charge in [-0.1, -0.05) is 0 Å². The van der Waals surface area contributed by atoms with E-state index in [0.29, 0.717) is 16.7 Å². The molecule has 2 rings (SSSR count). The molecular formula is C13H9F2NO. The maximum absolute atomic E-state index is 13.2. The largest absolute Gasteiger partial charge is 0.294 e. The lowest BCUT2D eigenvalue weighted by Gasteiger charge is -2.07. The topological polar surface area (TPSA) is 30.0 Å². The Morgan fingerprint density at radius 1 is 1.12 bits per heavy atom. The van der Waals surface area contributed by atoms with E-state index in [-0.39, 0.29) is 5.78 Å². The number of ketones is 1. The highest BCUT2D eigenvalue weighted by atomic mass is 19.1. The van der Waals surface area contributed by atoms with E-state index in [1.54, 1.807) is 0 Å². The van der Waals surface area contributed by atoms with Crippen molar-refractivity contribution in [3.05, 3.63) is 53.9 Å². The number of hydrogen-bond donors (Lipinski definition) is 0. The predicted molar refractivity (Wildman–Crippen MR) is 59.6 cm³/mol. The molecular weight excluding hydrogens is 224 g/mol. The highest BCUT2D eigenvalue weighted by molar-refractivity contribution is 6.00. The summed E-state index contributed by atoms with van der Waals surface area (Å²) in [6, 6.07) is 5.01. The highest BCUT2D eigenvalue weighted by Crippen LogP contribution is 2.25. The SMILES string of the molecule is CC(=O)c1ccc(F)cc1-c1cncc(F)c1. The summed E-state index contributed by atoms with van der Waals surface area (Å²) in [5.74, 6) is -1.21. The van der Waals surface area contributed by atoms with E-state index < -0.39 is 11.6 Å². The van der Waals surface area contributed by atoms with Crippen LogP contribution >= 0.6 is 0 Å². The number of halogens is 2. The van der Waals surface area contributed by atoms with Crippen molar-refractivity contribution in [2.45, 2.75) is 6.92 Å². The smallest absolute Gasteiger partial charge is 0.160 e. The summed E-state index contributed by atoms with van der Waals surface area (Å²) < 4.78 is 26.2. The van der Waals surface area contributed by atoms with Crippen molar-refractivity contribution in [1.29, 1.82) is 0 Å².